The van der Waals surface area contributed by atoms with Crippen LogP contribution in [0.4, 0.5) is 5.00 Å². The number of hydrogen-bond acceptors (Lipinski definition) is 5. The maximum Gasteiger partial charge on any atom is 0.267 e. The van der Waals surface area contributed by atoms with Crippen LogP contribution in [0.5, 0.6) is 0 Å². The summed E-state index contributed by atoms with van der Waals surface area (Å²) in [5.41, 5.74) is 1.68. The van der Waals surface area contributed by atoms with Crippen molar-refractivity contribution in [2.45, 2.75) is 32.9 Å². The molecule has 8 heteroatoms. The predicted molar refractivity (Wildman–Crippen MR) is 120 cm³/mol. The van der Waals surface area contributed by atoms with E-state index in [1.54, 1.807) is 0 Å². The molecule has 0 spiro atoms. The van der Waals surface area contributed by atoms with Crippen molar-refractivity contribution >= 4 is 67.7 Å². The number of thiophene rings is 2. The van der Waals surface area contributed by atoms with Crippen LogP contribution >= 0.6 is 46.7 Å². The van der Waals surface area contributed by atoms with Gasteiger partial charge in [-0.1, -0.05) is 29.8 Å². The number of nitriles is 1. The van der Waals surface area contributed by atoms with Crippen LogP contribution in [0.25, 0.3) is 10.1 Å². The normalized spacial score (nSPS) is 13.8. The molecule has 3 aromatic rings. The number of halogens is 2. The van der Waals surface area contributed by atoms with Crippen LogP contribution in [0.3, 0.4) is 0 Å². The van der Waals surface area contributed by atoms with E-state index in [-0.39, 0.29) is 18.3 Å². The van der Waals surface area contributed by atoms with Crippen LogP contribution in [0, 0.1) is 11.3 Å². The number of carbonyl (C=O) groups is 1. The lowest BCUT2D eigenvalue weighted by Crippen LogP contribution is -2.35. The van der Waals surface area contributed by atoms with Gasteiger partial charge in [0.15, 0.2) is 0 Å². The summed E-state index contributed by atoms with van der Waals surface area (Å²) in [5, 5.41) is 14.6. The molecule has 0 aliphatic carbocycles. The summed E-state index contributed by atoms with van der Waals surface area (Å²) in [4.78, 5) is 16.9. The second-order valence-corrected chi connectivity index (χ2v) is 9.36. The Hall–Kier alpha value is -1.62. The molecule has 3 heterocycles. The van der Waals surface area contributed by atoms with Gasteiger partial charge in [0, 0.05) is 34.1 Å². The van der Waals surface area contributed by atoms with E-state index in [0.717, 1.165) is 35.2 Å². The fourth-order valence-corrected chi connectivity index (χ4v) is 6.02. The van der Waals surface area contributed by atoms with E-state index in [0.29, 0.717) is 26.5 Å². The number of amides is 1. The van der Waals surface area contributed by atoms with E-state index in [4.69, 9.17) is 11.6 Å². The summed E-state index contributed by atoms with van der Waals surface area (Å²) in [6, 6.07) is 10.5. The van der Waals surface area contributed by atoms with E-state index in [2.05, 4.69) is 30.1 Å². The maximum absolute atomic E-state index is 12.9. The molecule has 1 aliphatic heterocycles. The van der Waals surface area contributed by atoms with Crippen LogP contribution in [-0.2, 0) is 13.0 Å². The number of fused-ring (bicyclic) bond motifs is 2. The van der Waals surface area contributed by atoms with Gasteiger partial charge in [-0.3, -0.25) is 9.69 Å². The Morgan fingerprint density at radius 3 is 2.75 bits per heavy atom. The van der Waals surface area contributed by atoms with E-state index < -0.39 is 0 Å². The molecule has 0 radical (unpaired) electrons. The van der Waals surface area contributed by atoms with Gasteiger partial charge in [-0.15, -0.1) is 35.1 Å². The highest BCUT2D eigenvalue weighted by Crippen LogP contribution is 2.39. The zero-order valence-electron chi connectivity index (χ0n) is 15.4. The number of nitrogens with zero attached hydrogens (tertiary/aromatic N) is 2. The van der Waals surface area contributed by atoms with Gasteiger partial charge in [-0.2, -0.15) is 5.26 Å². The molecule has 1 aromatic carbocycles. The molecule has 2 aromatic heterocycles. The molecule has 4 nitrogen and oxygen atoms in total. The Morgan fingerprint density at radius 1 is 1.32 bits per heavy atom. The lowest BCUT2D eigenvalue weighted by atomic mass is 10.0. The third-order valence-corrected chi connectivity index (χ3v) is 7.70. The van der Waals surface area contributed by atoms with Crippen molar-refractivity contribution in [2.75, 3.05) is 11.9 Å². The van der Waals surface area contributed by atoms with Gasteiger partial charge in [-0.05, 0) is 31.9 Å². The zero-order chi connectivity index (χ0) is 19.1. The molecule has 0 unspecified atom stereocenters. The van der Waals surface area contributed by atoms with Crippen molar-refractivity contribution in [1.29, 1.82) is 5.26 Å². The first kappa shape index (κ1) is 21.1. The van der Waals surface area contributed by atoms with Gasteiger partial charge < -0.3 is 5.32 Å². The third kappa shape index (κ3) is 3.66. The monoisotopic (exact) mass is 451 g/mol. The average molecular weight is 452 g/mol. The largest absolute Gasteiger partial charge is 0.312 e. The summed E-state index contributed by atoms with van der Waals surface area (Å²) in [6.07, 6.45) is 0.840. The topological polar surface area (TPSA) is 56.1 Å². The molecule has 0 fully saturated rings. The van der Waals surface area contributed by atoms with Gasteiger partial charge in [0.05, 0.1) is 10.6 Å². The minimum atomic E-state index is -0.253. The van der Waals surface area contributed by atoms with Crippen LogP contribution < -0.4 is 5.32 Å². The van der Waals surface area contributed by atoms with E-state index >= 15 is 0 Å². The number of rotatable bonds is 3. The fraction of sp³-hybridized carbons (Fsp3) is 0.300. The molecule has 0 saturated heterocycles. The summed E-state index contributed by atoms with van der Waals surface area (Å²) < 4.78 is 0.978. The highest BCUT2D eigenvalue weighted by Gasteiger charge is 2.27. The maximum atomic E-state index is 12.9. The molecule has 0 atom stereocenters. The number of nitrogens with one attached hydrogen (secondary N) is 1. The van der Waals surface area contributed by atoms with Gasteiger partial charge in [-0.25, -0.2) is 0 Å². The zero-order valence-corrected chi connectivity index (χ0v) is 18.6. The van der Waals surface area contributed by atoms with E-state index in [1.807, 2.05) is 24.3 Å². The summed E-state index contributed by atoms with van der Waals surface area (Å²) in [6.45, 7) is 6.11. The fourth-order valence-electron chi connectivity index (χ4n) is 3.39. The highest BCUT2D eigenvalue weighted by molar-refractivity contribution is 7.22. The number of benzene rings is 1. The van der Waals surface area contributed by atoms with Crippen molar-refractivity contribution in [3.8, 4) is 6.07 Å². The summed E-state index contributed by atoms with van der Waals surface area (Å²) in [7, 11) is 0. The molecule has 1 N–H and O–H groups in total. The minimum Gasteiger partial charge on any atom is -0.312 e. The van der Waals surface area contributed by atoms with Gasteiger partial charge in [0.2, 0.25) is 0 Å². The van der Waals surface area contributed by atoms with E-state index in [9.17, 15) is 10.1 Å². The highest BCUT2D eigenvalue weighted by atomic mass is 35.5. The molecule has 0 bridgehead atoms. The molecule has 0 saturated carbocycles. The molecule has 1 aliphatic rings. The van der Waals surface area contributed by atoms with Crippen molar-refractivity contribution in [2.24, 2.45) is 0 Å². The van der Waals surface area contributed by atoms with Gasteiger partial charge in [0.1, 0.15) is 15.9 Å². The van der Waals surface area contributed by atoms with Crippen LogP contribution in [0.1, 0.15) is 39.5 Å². The SMILES string of the molecule is CC(C)N1CCc2c(sc(NC(=O)c3sc4ccccc4c3Cl)c2C#N)C1.Cl. The van der Waals surface area contributed by atoms with Crippen molar-refractivity contribution < 1.29 is 4.79 Å². The van der Waals surface area contributed by atoms with Crippen molar-refractivity contribution in [3.05, 3.63) is 50.2 Å². The number of anilines is 1. The van der Waals surface area contributed by atoms with Crippen LogP contribution in [0.2, 0.25) is 5.02 Å². The molecular weight excluding hydrogens is 433 g/mol. The second-order valence-electron chi connectivity index (χ2n) is 6.83. The molecule has 146 valence electrons. The van der Waals surface area contributed by atoms with Gasteiger partial charge >= 0.3 is 0 Å². The van der Waals surface area contributed by atoms with Crippen LogP contribution in [0.15, 0.2) is 24.3 Å². The van der Waals surface area contributed by atoms with Crippen molar-refractivity contribution in [3.63, 3.8) is 0 Å². The molecular formula is C20H19Cl2N3OS2. The summed E-state index contributed by atoms with van der Waals surface area (Å²) in [5.74, 6) is -0.253. The number of hydrogen-bond donors (Lipinski definition) is 1. The lowest BCUT2D eigenvalue weighted by molar-refractivity contribution is 0.103. The molecule has 4 rings (SSSR count). The van der Waals surface area contributed by atoms with Crippen LogP contribution in [-0.4, -0.2) is 23.4 Å². The second kappa shape index (κ2) is 8.40. The Bertz CT molecular complexity index is 1080. The minimum absolute atomic E-state index is 0. The molecule has 28 heavy (non-hydrogen) atoms. The lowest BCUT2D eigenvalue weighted by Gasteiger charge is -2.30. The smallest absolute Gasteiger partial charge is 0.267 e. The Labute approximate surface area is 183 Å². The van der Waals surface area contributed by atoms with E-state index in [1.165, 1.54) is 27.6 Å². The molecule has 1 amide bonds. The average Bonchev–Trinajstić information content (AvgIpc) is 3.18. The van der Waals surface area contributed by atoms with Crippen molar-refractivity contribution in [1.82, 2.24) is 4.90 Å². The first-order chi connectivity index (χ1) is 13.0. The first-order valence-electron chi connectivity index (χ1n) is 8.76. The first-order valence-corrected chi connectivity index (χ1v) is 10.8. The Morgan fingerprint density at radius 2 is 2.07 bits per heavy atom. The third-order valence-electron chi connectivity index (χ3n) is 4.90. The Balaban J connectivity index is 0.00000225. The standard InChI is InChI=1S/C20H18ClN3OS2.ClH/c1-11(2)24-8-7-12-14(9-22)20(27-16(12)10-24)23-19(25)18-17(21)13-5-3-4-6-15(13)26-18;/h3-6,11H,7-8,10H2,1-2H3,(H,23,25);1H. The quantitative estimate of drug-likeness (QED) is 0.536. The predicted octanol–water partition coefficient (Wildman–Crippen LogP) is 5.93. The number of carbonyl (C=O) groups excluding carboxylic acids is 1. The Kier molecular flexibility index (Phi) is 6.33. The van der Waals surface area contributed by atoms with Gasteiger partial charge in [0.25, 0.3) is 5.91 Å². The summed E-state index contributed by atoms with van der Waals surface area (Å²) >= 11 is 9.31.